The summed E-state index contributed by atoms with van der Waals surface area (Å²) in [7, 11) is 0. The first-order chi connectivity index (χ1) is 3.18. The molecule has 0 heterocycles. The molecule has 0 aromatic carbocycles. The van der Waals surface area contributed by atoms with E-state index >= 15 is 0 Å². The van der Waals surface area contributed by atoms with E-state index in [9.17, 15) is 4.79 Å². The molecule has 0 saturated carbocycles. The summed E-state index contributed by atoms with van der Waals surface area (Å²) < 4.78 is 0. The van der Waals surface area contributed by atoms with Crippen LogP contribution in [-0.4, -0.2) is 5.91 Å². The highest BCUT2D eigenvalue weighted by atomic mass is 16.1. The number of primary amides is 1. The zero-order valence-corrected chi connectivity index (χ0v) is 4.14. The van der Waals surface area contributed by atoms with Gasteiger partial charge in [0, 0.05) is 11.8 Å². The highest BCUT2D eigenvalue weighted by Gasteiger charge is 1.90. The first kappa shape index (κ1) is 6.01. The normalized spacial score (nSPS) is 11.3. The van der Waals surface area contributed by atoms with Crippen molar-refractivity contribution in [1.29, 1.82) is 0 Å². The van der Waals surface area contributed by atoms with Crippen molar-refractivity contribution in [3.05, 3.63) is 11.8 Å². The van der Waals surface area contributed by atoms with Gasteiger partial charge in [0.05, 0.1) is 0 Å². The van der Waals surface area contributed by atoms with Gasteiger partial charge in [0.1, 0.15) is 0 Å². The zero-order chi connectivity index (χ0) is 5.86. The molecular weight excluding hydrogens is 92.1 g/mol. The first-order valence-electron chi connectivity index (χ1n) is 1.86. The molecule has 1 amide bonds. The molecule has 0 aliphatic rings. The lowest BCUT2D eigenvalue weighted by Crippen LogP contribution is -2.12. The Labute approximate surface area is 42.0 Å². The summed E-state index contributed by atoms with van der Waals surface area (Å²) in [6.45, 7) is 1.56. The number of rotatable bonds is 1. The number of hydrogen-bond acceptors (Lipinski definition) is 2. The molecule has 0 aromatic heterocycles. The molecule has 4 N–H and O–H groups in total. The molecule has 3 nitrogen and oxygen atoms in total. The van der Waals surface area contributed by atoms with E-state index in [0.29, 0.717) is 5.57 Å². The molecule has 0 saturated heterocycles. The topological polar surface area (TPSA) is 69.1 Å². The van der Waals surface area contributed by atoms with Crippen LogP contribution in [-0.2, 0) is 4.79 Å². The van der Waals surface area contributed by atoms with Crippen molar-refractivity contribution < 1.29 is 4.79 Å². The van der Waals surface area contributed by atoms with E-state index in [-0.39, 0.29) is 0 Å². The molecule has 0 spiro atoms. The van der Waals surface area contributed by atoms with Crippen LogP contribution in [0.3, 0.4) is 0 Å². The van der Waals surface area contributed by atoms with E-state index in [4.69, 9.17) is 11.5 Å². The predicted molar refractivity (Wildman–Crippen MR) is 27.1 cm³/mol. The van der Waals surface area contributed by atoms with E-state index in [1.54, 1.807) is 6.92 Å². The maximum Gasteiger partial charge on any atom is 0.245 e. The monoisotopic (exact) mass is 100 g/mol. The summed E-state index contributed by atoms with van der Waals surface area (Å²) in [6.07, 6.45) is 1.18. The van der Waals surface area contributed by atoms with E-state index in [1.165, 1.54) is 6.20 Å². The van der Waals surface area contributed by atoms with Crippen molar-refractivity contribution in [2.45, 2.75) is 6.92 Å². The minimum atomic E-state index is -0.470. The molecule has 0 bridgehead atoms. The molecule has 7 heavy (non-hydrogen) atoms. The lowest BCUT2D eigenvalue weighted by molar-refractivity contribution is -0.114. The summed E-state index contributed by atoms with van der Waals surface area (Å²) in [5.41, 5.74) is 10.1. The fourth-order valence-corrected chi connectivity index (χ4v) is 0.0821. The van der Waals surface area contributed by atoms with Gasteiger partial charge in [-0.05, 0) is 6.92 Å². The Hall–Kier alpha value is -0.990. The number of carbonyl (C=O) groups excluding carboxylic acids is 1. The van der Waals surface area contributed by atoms with Gasteiger partial charge < -0.3 is 11.5 Å². The number of carbonyl (C=O) groups is 1. The summed E-state index contributed by atoms with van der Waals surface area (Å²) in [6, 6.07) is 0. The fourth-order valence-electron chi connectivity index (χ4n) is 0.0821. The van der Waals surface area contributed by atoms with Crippen LogP contribution in [0.15, 0.2) is 11.8 Å². The van der Waals surface area contributed by atoms with Crippen molar-refractivity contribution in [1.82, 2.24) is 0 Å². The molecular formula is C4H8N2O. The Balaban J connectivity index is 3.82. The Morgan fingerprint density at radius 2 is 2.14 bits per heavy atom. The second kappa shape index (κ2) is 2.23. The van der Waals surface area contributed by atoms with Crippen molar-refractivity contribution in [3.8, 4) is 0 Å². The molecule has 0 atom stereocenters. The average molecular weight is 100 g/mol. The third-order valence-electron chi connectivity index (χ3n) is 0.639. The van der Waals surface area contributed by atoms with Gasteiger partial charge in [-0.25, -0.2) is 0 Å². The van der Waals surface area contributed by atoms with Crippen molar-refractivity contribution in [2.75, 3.05) is 0 Å². The Morgan fingerprint density at radius 1 is 1.71 bits per heavy atom. The summed E-state index contributed by atoms with van der Waals surface area (Å²) in [5, 5.41) is 0. The van der Waals surface area contributed by atoms with Gasteiger partial charge in [0.15, 0.2) is 0 Å². The lowest BCUT2D eigenvalue weighted by atomic mass is 10.3. The largest absolute Gasteiger partial charge is 0.404 e. The number of hydrogen-bond donors (Lipinski definition) is 2. The van der Waals surface area contributed by atoms with Gasteiger partial charge in [0.25, 0.3) is 0 Å². The van der Waals surface area contributed by atoms with Gasteiger partial charge in [-0.3, -0.25) is 4.79 Å². The highest BCUT2D eigenvalue weighted by molar-refractivity contribution is 5.90. The quantitative estimate of drug-likeness (QED) is 0.429. The van der Waals surface area contributed by atoms with E-state index in [2.05, 4.69) is 0 Å². The van der Waals surface area contributed by atoms with Crippen LogP contribution in [0, 0.1) is 0 Å². The lowest BCUT2D eigenvalue weighted by Gasteiger charge is -1.85. The summed E-state index contributed by atoms with van der Waals surface area (Å²) in [4.78, 5) is 10.0. The van der Waals surface area contributed by atoms with Gasteiger partial charge in [0.2, 0.25) is 5.91 Å². The van der Waals surface area contributed by atoms with Crippen LogP contribution in [0.5, 0.6) is 0 Å². The van der Waals surface area contributed by atoms with Crippen LogP contribution >= 0.6 is 0 Å². The minimum absolute atomic E-state index is 0.389. The van der Waals surface area contributed by atoms with Gasteiger partial charge in [-0.2, -0.15) is 0 Å². The Morgan fingerprint density at radius 3 is 2.14 bits per heavy atom. The Bertz CT molecular complexity index is 106. The molecule has 0 rings (SSSR count). The van der Waals surface area contributed by atoms with E-state index < -0.39 is 5.91 Å². The maximum atomic E-state index is 10.0. The second-order valence-corrected chi connectivity index (χ2v) is 1.21. The van der Waals surface area contributed by atoms with E-state index in [1.807, 2.05) is 0 Å². The molecule has 0 aromatic rings. The number of nitrogens with two attached hydrogens (primary N) is 2. The zero-order valence-electron chi connectivity index (χ0n) is 4.14. The summed E-state index contributed by atoms with van der Waals surface area (Å²) >= 11 is 0. The average Bonchev–Trinajstić information content (AvgIpc) is 1.65. The molecule has 0 aliphatic carbocycles. The molecule has 0 aliphatic heterocycles. The van der Waals surface area contributed by atoms with Crippen LogP contribution in [0.1, 0.15) is 6.92 Å². The minimum Gasteiger partial charge on any atom is -0.404 e. The maximum absolute atomic E-state index is 10.0. The standard InChI is InChI=1S/C4H8N2O/c1-3(2-5)4(6)7/h2H,5H2,1H3,(H2,6,7). The third-order valence-corrected chi connectivity index (χ3v) is 0.639. The van der Waals surface area contributed by atoms with Gasteiger partial charge >= 0.3 is 0 Å². The Kier molecular flexibility index (Phi) is 1.91. The van der Waals surface area contributed by atoms with E-state index in [0.717, 1.165) is 0 Å². The molecule has 0 unspecified atom stereocenters. The highest BCUT2D eigenvalue weighted by Crippen LogP contribution is 1.81. The second-order valence-electron chi connectivity index (χ2n) is 1.21. The van der Waals surface area contributed by atoms with Gasteiger partial charge in [-0.15, -0.1) is 0 Å². The van der Waals surface area contributed by atoms with Crippen molar-refractivity contribution >= 4 is 5.91 Å². The van der Waals surface area contributed by atoms with Crippen molar-refractivity contribution in [3.63, 3.8) is 0 Å². The first-order valence-corrected chi connectivity index (χ1v) is 1.86. The molecule has 0 fully saturated rings. The smallest absolute Gasteiger partial charge is 0.245 e. The number of amides is 1. The SMILES string of the molecule is CC(=CN)C(N)=O. The molecule has 40 valence electrons. The van der Waals surface area contributed by atoms with Crippen molar-refractivity contribution in [2.24, 2.45) is 11.5 Å². The molecule has 0 radical (unpaired) electrons. The van der Waals surface area contributed by atoms with Crippen LogP contribution in [0.4, 0.5) is 0 Å². The predicted octanol–water partition coefficient (Wildman–Crippen LogP) is -0.666. The third kappa shape index (κ3) is 1.81. The van der Waals surface area contributed by atoms with Crippen LogP contribution in [0.2, 0.25) is 0 Å². The van der Waals surface area contributed by atoms with Gasteiger partial charge in [-0.1, -0.05) is 0 Å². The summed E-state index contributed by atoms with van der Waals surface area (Å²) in [5.74, 6) is -0.470. The molecule has 3 heteroatoms. The van der Waals surface area contributed by atoms with Crippen LogP contribution < -0.4 is 11.5 Å². The fraction of sp³-hybridized carbons (Fsp3) is 0.250. The van der Waals surface area contributed by atoms with Crippen LogP contribution in [0.25, 0.3) is 0 Å².